The Balaban J connectivity index is 2.17. The van der Waals surface area contributed by atoms with Crippen molar-refractivity contribution in [3.05, 3.63) is 0 Å². The molecule has 1 aliphatic rings. The number of nitrogens with zero attached hydrogens (tertiary/aromatic N) is 2. The van der Waals surface area contributed by atoms with Crippen LogP contribution in [0.3, 0.4) is 0 Å². The highest BCUT2D eigenvalue weighted by molar-refractivity contribution is 5.77. The molecule has 1 saturated heterocycles. The van der Waals surface area contributed by atoms with E-state index in [2.05, 4.69) is 22.0 Å². The van der Waals surface area contributed by atoms with Crippen molar-refractivity contribution in [1.82, 2.24) is 15.1 Å². The van der Waals surface area contributed by atoms with Crippen LogP contribution in [-0.2, 0) is 9.53 Å². The number of ether oxygens (including phenoxy) is 1. The molecule has 0 saturated carbocycles. The van der Waals surface area contributed by atoms with Gasteiger partial charge in [0, 0.05) is 52.4 Å². The van der Waals surface area contributed by atoms with Crippen molar-refractivity contribution in [3.63, 3.8) is 0 Å². The van der Waals surface area contributed by atoms with Crippen molar-refractivity contribution >= 4 is 5.91 Å². The molecule has 0 radical (unpaired) electrons. The standard InChI is InChI=1S/C12H26N4O2/c1-11(9-13)16-6-4-15(5-7-16)10-12(17)14-3-8-18-2/h11H,3-10,13H2,1-2H3,(H,14,17). The predicted octanol–water partition coefficient (Wildman–Crippen LogP) is -1.29. The van der Waals surface area contributed by atoms with E-state index in [0.29, 0.717) is 32.3 Å². The van der Waals surface area contributed by atoms with E-state index in [1.165, 1.54) is 0 Å². The first kappa shape index (κ1) is 15.4. The van der Waals surface area contributed by atoms with Crippen LogP contribution in [0.15, 0.2) is 0 Å². The minimum absolute atomic E-state index is 0.0763. The van der Waals surface area contributed by atoms with Gasteiger partial charge in [-0.1, -0.05) is 0 Å². The molecule has 1 unspecified atom stereocenters. The topological polar surface area (TPSA) is 70.8 Å². The molecule has 1 aliphatic heterocycles. The summed E-state index contributed by atoms with van der Waals surface area (Å²) in [5.41, 5.74) is 5.66. The van der Waals surface area contributed by atoms with Gasteiger partial charge in [0.25, 0.3) is 0 Å². The van der Waals surface area contributed by atoms with Crippen LogP contribution in [0.1, 0.15) is 6.92 Å². The summed E-state index contributed by atoms with van der Waals surface area (Å²) in [6.07, 6.45) is 0. The summed E-state index contributed by atoms with van der Waals surface area (Å²) in [7, 11) is 1.63. The molecule has 1 fully saturated rings. The molecule has 106 valence electrons. The van der Waals surface area contributed by atoms with Crippen molar-refractivity contribution < 1.29 is 9.53 Å². The van der Waals surface area contributed by atoms with Gasteiger partial charge in [0.1, 0.15) is 0 Å². The molecule has 0 aromatic heterocycles. The average molecular weight is 258 g/mol. The van der Waals surface area contributed by atoms with Gasteiger partial charge in [-0.3, -0.25) is 14.6 Å². The van der Waals surface area contributed by atoms with E-state index in [9.17, 15) is 4.79 Å². The van der Waals surface area contributed by atoms with Gasteiger partial charge in [0.2, 0.25) is 5.91 Å². The fraction of sp³-hybridized carbons (Fsp3) is 0.917. The van der Waals surface area contributed by atoms with E-state index < -0.39 is 0 Å². The number of piperazine rings is 1. The third-order valence-corrected chi connectivity index (χ3v) is 3.37. The number of hydrogen-bond acceptors (Lipinski definition) is 5. The van der Waals surface area contributed by atoms with E-state index in [-0.39, 0.29) is 5.91 Å². The Hall–Kier alpha value is -0.690. The lowest BCUT2D eigenvalue weighted by atomic mass is 10.2. The largest absolute Gasteiger partial charge is 0.383 e. The third kappa shape index (κ3) is 5.30. The molecular formula is C12H26N4O2. The second-order valence-electron chi connectivity index (χ2n) is 4.74. The fourth-order valence-corrected chi connectivity index (χ4v) is 2.06. The van der Waals surface area contributed by atoms with Crippen molar-refractivity contribution in [2.45, 2.75) is 13.0 Å². The summed E-state index contributed by atoms with van der Waals surface area (Å²) in [6, 6.07) is 0.433. The van der Waals surface area contributed by atoms with Gasteiger partial charge in [0.15, 0.2) is 0 Å². The first-order chi connectivity index (χ1) is 8.67. The van der Waals surface area contributed by atoms with Crippen LogP contribution in [0.25, 0.3) is 0 Å². The van der Waals surface area contributed by atoms with E-state index in [4.69, 9.17) is 10.5 Å². The van der Waals surface area contributed by atoms with Crippen molar-refractivity contribution in [1.29, 1.82) is 0 Å². The van der Waals surface area contributed by atoms with E-state index >= 15 is 0 Å². The van der Waals surface area contributed by atoms with Gasteiger partial charge in [-0.2, -0.15) is 0 Å². The van der Waals surface area contributed by atoms with Crippen LogP contribution in [-0.4, -0.2) is 81.3 Å². The van der Waals surface area contributed by atoms with Crippen LogP contribution >= 0.6 is 0 Å². The molecule has 3 N–H and O–H groups in total. The summed E-state index contributed by atoms with van der Waals surface area (Å²) in [4.78, 5) is 16.2. The van der Waals surface area contributed by atoms with Crippen molar-refractivity contribution in [2.24, 2.45) is 5.73 Å². The summed E-state index contributed by atoms with van der Waals surface area (Å²) < 4.78 is 4.89. The predicted molar refractivity (Wildman–Crippen MR) is 71.4 cm³/mol. The zero-order valence-corrected chi connectivity index (χ0v) is 11.5. The molecule has 0 aliphatic carbocycles. The maximum absolute atomic E-state index is 11.6. The molecular weight excluding hydrogens is 232 g/mol. The van der Waals surface area contributed by atoms with E-state index in [1.54, 1.807) is 7.11 Å². The normalized spacial score (nSPS) is 19.7. The Morgan fingerprint density at radius 2 is 2.06 bits per heavy atom. The molecule has 1 rings (SSSR count). The van der Waals surface area contributed by atoms with Crippen molar-refractivity contribution in [2.75, 3.05) is 59.5 Å². The molecule has 0 aromatic carbocycles. The van der Waals surface area contributed by atoms with Gasteiger partial charge < -0.3 is 15.8 Å². The number of nitrogens with two attached hydrogens (primary N) is 1. The van der Waals surface area contributed by atoms with Crippen LogP contribution in [0.5, 0.6) is 0 Å². The highest BCUT2D eigenvalue weighted by Gasteiger charge is 2.21. The molecule has 6 nitrogen and oxygen atoms in total. The quantitative estimate of drug-likeness (QED) is 0.556. The van der Waals surface area contributed by atoms with Crippen LogP contribution in [0.4, 0.5) is 0 Å². The SMILES string of the molecule is COCCNC(=O)CN1CCN(C(C)CN)CC1. The van der Waals surface area contributed by atoms with Crippen LogP contribution in [0.2, 0.25) is 0 Å². The molecule has 0 spiro atoms. The Morgan fingerprint density at radius 1 is 1.39 bits per heavy atom. The smallest absolute Gasteiger partial charge is 0.234 e. The highest BCUT2D eigenvalue weighted by atomic mass is 16.5. The summed E-state index contributed by atoms with van der Waals surface area (Å²) in [5, 5.41) is 2.84. The van der Waals surface area contributed by atoms with Crippen LogP contribution < -0.4 is 11.1 Å². The first-order valence-corrected chi connectivity index (χ1v) is 6.59. The molecule has 1 heterocycles. The number of amides is 1. The number of nitrogens with one attached hydrogen (secondary N) is 1. The lowest BCUT2D eigenvalue weighted by molar-refractivity contribution is -0.122. The van der Waals surface area contributed by atoms with Gasteiger partial charge in [-0.25, -0.2) is 0 Å². The number of carbonyl (C=O) groups excluding carboxylic acids is 1. The lowest BCUT2D eigenvalue weighted by Gasteiger charge is -2.37. The number of methoxy groups -OCH3 is 1. The molecule has 0 bridgehead atoms. The second-order valence-corrected chi connectivity index (χ2v) is 4.74. The average Bonchev–Trinajstić information content (AvgIpc) is 2.39. The van der Waals surface area contributed by atoms with Crippen molar-refractivity contribution in [3.8, 4) is 0 Å². The molecule has 6 heteroatoms. The van der Waals surface area contributed by atoms with E-state index in [0.717, 1.165) is 26.2 Å². The minimum Gasteiger partial charge on any atom is -0.383 e. The lowest BCUT2D eigenvalue weighted by Crippen LogP contribution is -2.53. The maximum atomic E-state index is 11.6. The van der Waals surface area contributed by atoms with E-state index in [1.807, 2.05) is 0 Å². The van der Waals surface area contributed by atoms with Gasteiger partial charge in [-0.15, -0.1) is 0 Å². The summed E-state index contributed by atoms with van der Waals surface area (Å²) in [6.45, 7) is 8.31. The molecule has 1 amide bonds. The van der Waals surface area contributed by atoms with Gasteiger partial charge in [0.05, 0.1) is 13.2 Å². The Kier molecular flexibility index (Phi) is 7.19. The van der Waals surface area contributed by atoms with Gasteiger partial charge in [-0.05, 0) is 6.92 Å². The van der Waals surface area contributed by atoms with Crippen LogP contribution in [0, 0.1) is 0 Å². The Labute approximate surface area is 109 Å². The summed E-state index contributed by atoms with van der Waals surface area (Å²) in [5.74, 6) is 0.0763. The monoisotopic (exact) mass is 258 g/mol. The Morgan fingerprint density at radius 3 is 2.61 bits per heavy atom. The number of carbonyl (C=O) groups is 1. The third-order valence-electron chi connectivity index (χ3n) is 3.37. The summed E-state index contributed by atoms with van der Waals surface area (Å²) >= 11 is 0. The highest BCUT2D eigenvalue weighted by Crippen LogP contribution is 2.04. The second kappa shape index (κ2) is 8.42. The maximum Gasteiger partial charge on any atom is 0.234 e. The minimum atomic E-state index is 0.0763. The first-order valence-electron chi connectivity index (χ1n) is 6.59. The molecule has 1 atom stereocenters. The number of rotatable bonds is 7. The zero-order valence-electron chi connectivity index (χ0n) is 11.5. The zero-order chi connectivity index (χ0) is 13.4. The number of hydrogen-bond donors (Lipinski definition) is 2. The molecule has 0 aromatic rings. The fourth-order valence-electron chi connectivity index (χ4n) is 2.06. The van der Waals surface area contributed by atoms with Gasteiger partial charge >= 0.3 is 0 Å². The Bertz CT molecular complexity index is 242. The molecule has 18 heavy (non-hydrogen) atoms.